The fraction of sp³-hybridized carbons (Fsp3) is 0.321. The van der Waals surface area contributed by atoms with Crippen molar-refractivity contribution in [3.05, 3.63) is 71.7 Å². The van der Waals surface area contributed by atoms with Crippen molar-refractivity contribution in [2.24, 2.45) is 5.73 Å². The number of oxazole rings is 1. The molecule has 2 aromatic heterocycles. The number of halogens is 3. The topological polar surface area (TPSA) is 133 Å². The number of benzene rings is 2. The number of methoxy groups -OCH3 is 1. The van der Waals surface area contributed by atoms with E-state index in [-0.39, 0.29) is 65.9 Å². The summed E-state index contributed by atoms with van der Waals surface area (Å²) < 4.78 is 62.7. The van der Waals surface area contributed by atoms with Crippen molar-refractivity contribution in [2.45, 2.75) is 18.3 Å². The molecule has 1 fully saturated rings. The van der Waals surface area contributed by atoms with E-state index in [2.05, 4.69) is 9.97 Å². The number of nitrogens with zero attached hydrogens (tertiary/aromatic N) is 3. The third kappa shape index (κ3) is 5.97. The molecule has 3 N–H and O–H groups in total. The van der Waals surface area contributed by atoms with Gasteiger partial charge in [0.25, 0.3) is 5.91 Å². The third-order valence-electron chi connectivity index (χ3n) is 6.56. The summed E-state index contributed by atoms with van der Waals surface area (Å²) in [6.45, 7) is 0.414. The lowest BCUT2D eigenvalue weighted by Gasteiger charge is -2.32. The molecule has 1 aliphatic heterocycles. The molecule has 3 heterocycles. The first-order chi connectivity index (χ1) is 19.7. The lowest BCUT2D eigenvalue weighted by Crippen LogP contribution is -2.48. The Kier molecular flexibility index (Phi) is 8.10. The van der Waals surface area contributed by atoms with E-state index in [1.54, 1.807) is 0 Å². The van der Waals surface area contributed by atoms with Gasteiger partial charge in [-0.1, -0.05) is 18.2 Å². The Morgan fingerprint density at radius 3 is 2.66 bits per heavy atom. The van der Waals surface area contributed by atoms with Gasteiger partial charge in [0.05, 0.1) is 32.9 Å². The van der Waals surface area contributed by atoms with Crippen molar-refractivity contribution < 1.29 is 41.7 Å². The van der Waals surface area contributed by atoms with E-state index in [4.69, 9.17) is 24.4 Å². The van der Waals surface area contributed by atoms with Gasteiger partial charge < -0.3 is 34.4 Å². The van der Waals surface area contributed by atoms with Gasteiger partial charge in [0.1, 0.15) is 35.4 Å². The second-order valence-corrected chi connectivity index (χ2v) is 9.29. The predicted molar refractivity (Wildman–Crippen MR) is 140 cm³/mol. The van der Waals surface area contributed by atoms with Crippen molar-refractivity contribution >= 4 is 16.8 Å². The fourth-order valence-electron chi connectivity index (χ4n) is 4.50. The number of ether oxygens (including phenoxy) is 3. The summed E-state index contributed by atoms with van der Waals surface area (Å²) in [6, 6.07) is 13.2. The molecule has 2 aromatic carbocycles. The molecule has 0 saturated carbocycles. The number of amides is 1. The highest BCUT2D eigenvalue weighted by molar-refractivity contribution is 5.98. The highest BCUT2D eigenvalue weighted by atomic mass is 19.4. The van der Waals surface area contributed by atoms with Gasteiger partial charge >= 0.3 is 6.18 Å². The summed E-state index contributed by atoms with van der Waals surface area (Å²) in [7, 11) is 1.32. The van der Waals surface area contributed by atoms with Gasteiger partial charge in [-0.15, -0.1) is 0 Å². The molecule has 1 saturated heterocycles. The van der Waals surface area contributed by atoms with Crippen LogP contribution in [0.1, 0.15) is 28.0 Å². The summed E-state index contributed by atoms with van der Waals surface area (Å²) >= 11 is 0. The Labute approximate surface area is 232 Å². The first kappa shape index (κ1) is 28.3. The second kappa shape index (κ2) is 11.7. The maximum Gasteiger partial charge on any atom is 0.433 e. The van der Waals surface area contributed by atoms with Crippen LogP contribution in [0.25, 0.3) is 22.4 Å². The van der Waals surface area contributed by atoms with Crippen LogP contribution in [0.5, 0.6) is 11.5 Å². The van der Waals surface area contributed by atoms with Crippen molar-refractivity contribution in [2.75, 3.05) is 40.0 Å². The minimum absolute atomic E-state index is 0.0556. The number of hydrogen-bond donors (Lipinski definition) is 2. The van der Waals surface area contributed by atoms with E-state index in [0.717, 1.165) is 6.07 Å². The van der Waals surface area contributed by atoms with E-state index in [1.807, 2.05) is 30.3 Å². The molecule has 0 aliphatic carbocycles. The van der Waals surface area contributed by atoms with E-state index in [9.17, 15) is 23.1 Å². The van der Waals surface area contributed by atoms with Crippen LogP contribution in [-0.4, -0.2) is 72.0 Å². The summed E-state index contributed by atoms with van der Waals surface area (Å²) in [5, 5.41) is 10.0. The van der Waals surface area contributed by atoms with Crippen LogP contribution in [0.2, 0.25) is 0 Å². The number of carbonyl (C=O) groups is 1. The molecule has 0 bridgehead atoms. The van der Waals surface area contributed by atoms with Gasteiger partial charge in [-0.2, -0.15) is 13.2 Å². The maximum atomic E-state index is 13.6. The Morgan fingerprint density at radius 1 is 1.17 bits per heavy atom. The summed E-state index contributed by atoms with van der Waals surface area (Å²) in [6.07, 6.45) is -5.07. The first-order valence-electron chi connectivity index (χ1n) is 12.7. The average molecular weight is 573 g/mol. The van der Waals surface area contributed by atoms with Crippen molar-refractivity contribution in [1.29, 1.82) is 0 Å². The minimum atomic E-state index is -4.67. The van der Waals surface area contributed by atoms with Crippen LogP contribution in [0.4, 0.5) is 13.2 Å². The van der Waals surface area contributed by atoms with Gasteiger partial charge in [0.2, 0.25) is 5.89 Å². The van der Waals surface area contributed by atoms with Crippen LogP contribution in [0.3, 0.4) is 0 Å². The lowest BCUT2D eigenvalue weighted by molar-refractivity contribution is -0.140. The van der Waals surface area contributed by atoms with Crippen LogP contribution < -0.4 is 15.2 Å². The van der Waals surface area contributed by atoms with Crippen LogP contribution in [-0.2, 0) is 10.9 Å². The zero-order valence-electron chi connectivity index (χ0n) is 21.9. The Bertz CT molecular complexity index is 1530. The number of carbonyl (C=O) groups excluding carboxylic acids is 1. The molecular formula is C28H27F3N4O6. The number of hydrogen-bond acceptors (Lipinski definition) is 9. The monoisotopic (exact) mass is 572 g/mol. The molecule has 2 atom stereocenters. The highest BCUT2D eigenvalue weighted by Crippen LogP contribution is 2.37. The predicted octanol–water partition coefficient (Wildman–Crippen LogP) is 3.83. The molecule has 10 nitrogen and oxygen atoms in total. The van der Waals surface area contributed by atoms with Gasteiger partial charge in [0, 0.05) is 17.5 Å². The molecule has 1 aliphatic rings. The van der Waals surface area contributed by atoms with Crippen molar-refractivity contribution in [3.63, 3.8) is 0 Å². The minimum Gasteiger partial charge on any atom is -0.494 e. The number of aromatic nitrogens is 2. The molecule has 216 valence electrons. The van der Waals surface area contributed by atoms with Crippen molar-refractivity contribution in [1.82, 2.24) is 14.9 Å². The third-order valence-corrected chi connectivity index (χ3v) is 6.56. The van der Waals surface area contributed by atoms with Crippen LogP contribution >= 0.6 is 0 Å². The number of aliphatic hydroxyl groups is 1. The molecule has 13 heteroatoms. The van der Waals surface area contributed by atoms with Gasteiger partial charge in [-0.25, -0.2) is 9.97 Å². The Balaban J connectivity index is 1.46. The zero-order valence-corrected chi connectivity index (χ0v) is 21.9. The Morgan fingerprint density at radius 2 is 1.95 bits per heavy atom. The van der Waals surface area contributed by atoms with E-state index in [0.29, 0.717) is 5.75 Å². The summed E-state index contributed by atoms with van der Waals surface area (Å²) in [4.78, 5) is 23.3. The summed E-state index contributed by atoms with van der Waals surface area (Å²) in [5.41, 5.74) is 5.06. The van der Waals surface area contributed by atoms with Gasteiger partial charge in [0.15, 0.2) is 11.5 Å². The average Bonchev–Trinajstić information content (AvgIpc) is 3.44. The zero-order chi connectivity index (χ0) is 29.1. The second-order valence-electron chi connectivity index (χ2n) is 9.29. The van der Waals surface area contributed by atoms with Gasteiger partial charge in [-0.3, -0.25) is 4.79 Å². The number of morpholine rings is 1. The van der Waals surface area contributed by atoms with Gasteiger partial charge in [-0.05, 0) is 36.4 Å². The maximum absolute atomic E-state index is 13.6. The normalized spacial score (nSPS) is 16.5. The van der Waals surface area contributed by atoms with Crippen LogP contribution in [0, 0.1) is 0 Å². The van der Waals surface area contributed by atoms with E-state index >= 15 is 0 Å². The van der Waals surface area contributed by atoms with Crippen molar-refractivity contribution in [3.8, 4) is 23.0 Å². The number of aliphatic hydroxyl groups excluding tert-OH is 1. The van der Waals surface area contributed by atoms with E-state index < -0.39 is 36.5 Å². The molecule has 5 rings (SSSR count). The first-order valence-corrected chi connectivity index (χ1v) is 12.7. The molecule has 0 spiro atoms. The number of nitrogens with two attached hydrogens (primary N) is 1. The quantitative estimate of drug-likeness (QED) is 0.323. The van der Waals surface area contributed by atoms with E-state index in [1.165, 1.54) is 30.2 Å². The lowest BCUT2D eigenvalue weighted by atomic mass is 10.1. The van der Waals surface area contributed by atoms with Crippen LogP contribution in [0.15, 0.2) is 59.0 Å². The fourth-order valence-corrected chi connectivity index (χ4v) is 4.50. The largest absolute Gasteiger partial charge is 0.494 e. The molecule has 1 amide bonds. The number of rotatable bonds is 8. The standard InChI is InChI=1S/C28H27F3N4O6/c1-38-21-9-7-19(18-8-10-22(28(29,30)31)33-23(18)21)26-34-24(25(41-26)20(32)14-36)27(37)35-11-12-39-17(13-35)15-40-16-5-3-2-4-6-16/h2-10,17,20,36H,11-15,32H2,1H3/t17?,20-/m0/s1. The number of fused-ring (bicyclic) bond motifs is 1. The summed E-state index contributed by atoms with van der Waals surface area (Å²) in [5.74, 6) is 0.156. The number of pyridine rings is 1. The molecule has 1 unspecified atom stereocenters. The SMILES string of the molecule is COc1ccc(-c2nc(C(=O)N3CCOC(COc4ccccc4)C3)c([C@@H](N)CO)o2)c2ccc(C(F)(F)F)nc12. The molecular weight excluding hydrogens is 545 g/mol. The number of para-hydroxylation sites is 1. The Hall–Kier alpha value is -4.20. The number of alkyl halides is 3. The molecule has 41 heavy (non-hydrogen) atoms. The molecule has 0 radical (unpaired) electrons. The highest BCUT2D eigenvalue weighted by Gasteiger charge is 2.34. The molecule has 4 aromatic rings. The smallest absolute Gasteiger partial charge is 0.433 e.